The number of para-hydroxylation sites is 1. The monoisotopic (exact) mass is 583 g/mol. The van der Waals surface area contributed by atoms with Crippen LogP contribution in [-0.4, -0.2) is 17.4 Å². The Hall–Kier alpha value is -5.45. The maximum Gasteiger partial charge on any atom is 0.0715 e. The molecule has 0 amide bonds. The molecule has 2 heterocycles. The Balaban J connectivity index is 1.16. The molecule has 44 heavy (non-hydrogen) atoms. The summed E-state index contributed by atoms with van der Waals surface area (Å²) in [4.78, 5) is 4.69. The fourth-order valence-electron chi connectivity index (χ4n) is 6.20. The molecule has 0 aliphatic heterocycles. The summed E-state index contributed by atoms with van der Waals surface area (Å²) >= 11 is 1.83. The summed E-state index contributed by atoms with van der Waals surface area (Å²) in [7, 11) is 1.86. The van der Waals surface area contributed by atoms with Crippen LogP contribution in [0.15, 0.2) is 157 Å². The Morgan fingerprint density at radius 3 is 2.05 bits per heavy atom. The van der Waals surface area contributed by atoms with Crippen LogP contribution in [0.25, 0.3) is 64.2 Å². The molecule has 4 heteroatoms. The summed E-state index contributed by atoms with van der Waals surface area (Å²) in [5, 5.41) is 5.00. The van der Waals surface area contributed by atoms with Crippen molar-refractivity contribution in [3.63, 3.8) is 0 Å². The molecule has 0 aliphatic rings. The van der Waals surface area contributed by atoms with Gasteiger partial charge in [-0.15, -0.1) is 11.3 Å². The van der Waals surface area contributed by atoms with Crippen LogP contribution in [0.2, 0.25) is 0 Å². The first-order valence-electron chi connectivity index (χ1n) is 14.8. The minimum Gasteiger partial charge on any atom is -0.301 e. The first-order valence-corrected chi connectivity index (χ1v) is 15.6. The number of aliphatic imine (C=N–C) groups is 1. The van der Waals surface area contributed by atoms with E-state index < -0.39 is 0 Å². The zero-order valence-electron chi connectivity index (χ0n) is 24.2. The lowest BCUT2D eigenvalue weighted by Gasteiger charge is -2.09. The maximum absolute atomic E-state index is 4.69. The van der Waals surface area contributed by atoms with Gasteiger partial charge in [-0.1, -0.05) is 121 Å². The van der Waals surface area contributed by atoms with E-state index in [2.05, 4.69) is 156 Å². The van der Waals surface area contributed by atoms with Crippen LogP contribution < -0.4 is 5.43 Å². The van der Waals surface area contributed by atoms with E-state index in [4.69, 9.17) is 4.99 Å². The molecule has 8 rings (SSSR count). The molecule has 6 aromatic carbocycles. The fraction of sp³-hybridized carbons (Fsp3) is 0.0250. The van der Waals surface area contributed by atoms with Gasteiger partial charge in [0.2, 0.25) is 0 Å². The van der Waals surface area contributed by atoms with Crippen LogP contribution in [0, 0.1) is 0 Å². The Bertz CT molecular complexity index is 2360. The second-order valence-electron chi connectivity index (χ2n) is 10.9. The predicted octanol–water partition coefficient (Wildman–Crippen LogP) is 10.7. The highest BCUT2D eigenvalue weighted by Gasteiger charge is 2.13. The number of rotatable bonds is 6. The van der Waals surface area contributed by atoms with Gasteiger partial charge in [-0.25, -0.2) is 0 Å². The minimum absolute atomic E-state index is 0.939. The number of hydrogen-bond acceptors (Lipinski definition) is 3. The van der Waals surface area contributed by atoms with E-state index in [9.17, 15) is 0 Å². The van der Waals surface area contributed by atoms with E-state index in [-0.39, 0.29) is 0 Å². The zero-order chi connectivity index (χ0) is 29.5. The molecule has 0 saturated carbocycles. The van der Waals surface area contributed by atoms with Crippen molar-refractivity contribution in [1.29, 1.82) is 0 Å². The number of nitrogens with one attached hydrogen (secondary N) is 1. The van der Waals surface area contributed by atoms with Crippen molar-refractivity contribution in [2.45, 2.75) is 0 Å². The van der Waals surface area contributed by atoms with Crippen LogP contribution >= 0.6 is 11.3 Å². The number of fused-ring (bicyclic) bond motifs is 6. The third-order valence-electron chi connectivity index (χ3n) is 8.37. The quantitative estimate of drug-likeness (QED) is 0.194. The smallest absolute Gasteiger partial charge is 0.0715 e. The molecule has 1 N–H and O–H groups in total. The van der Waals surface area contributed by atoms with Crippen molar-refractivity contribution in [2.75, 3.05) is 12.5 Å². The molecule has 0 atom stereocenters. The van der Waals surface area contributed by atoms with Crippen molar-refractivity contribution in [2.24, 2.45) is 4.99 Å². The lowest BCUT2D eigenvalue weighted by Crippen LogP contribution is -2.08. The van der Waals surface area contributed by atoms with E-state index in [0.29, 0.717) is 0 Å². The normalized spacial score (nSPS) is 12.2. The van der Waals surface area contributed by atoms with E-state index in [1.165, 1.54) is 53.2 Å². The van der Waals surface area contributed by atoms with E-state index >= 15 is 0 Å². The number of hydrogen-bond donors (Lipinski definition) is 1. The lowest BCUT2D eigenvalue weighted by molar-refractivity contribution is 1.05. The van der Waals surface area contributed by atoms with Gasteiger partial charge in [-0.3, -0.25) is 9.67 Å². The fourth-order valence-corrected chi connectivity index (χ4v) is 7.42. The average molecular weight is 584 g/mol. The second kappa shape index (κ2) is 11.0. The van der Waals surface area contributed by atoms with Crippen LogP contribution in [-0.2, 0) is 0 Å². The summed E-state index contributed by atoms with van der Waals surface area (Å²) < 4.78 is 4.73. The topological polar surface area (TPSA) is 29.3 Å². The number of aromatic nitrogens is 1. The summed E-state index contributed by atoms with van der Waals surface area (Å²) in [5.41, 5.74) is 12.7. The third kappa shape index (κ3) is 4.48. The second-order valence-corrected chi connectivity index (χ2v) is 11.9. The van der Waals surface area contributed by atoms with Gasteiger partial charge >= 0.3 is 0 Å². The predicted molar refractivity (Wildman–Crippen MR) is 191 cm³/mol. The number of benzene rings is 6. The van der Waals surface area contributed by atoms with Crippen LogP contribution in [0.1, 0.15) is 5.56 Å². The van der Waals surface area contributed by atoms with Crippen molar-refractivity contribution in [1.82, 2.24) is 4.68 Å². The van der Waals surface area contributed by atoms with Crippen LogP contribution in [0.5, 0.6) is 0 Å². The molecule has 0 bridgehead atoms. The summed E-state index contributed by atoms with van der Waals surface area (Å²) in [6.45, 7) is 0. The minimum atomic E-state index is 0.939. The number of thiophene rings is 1. The van der Waals surface area contributed by atoms with Crippen molar-refractivity contribution < 1.29 is 0 Å². The Morgan fingerprint density at radius 1 is 0.591 bits per heavy atom. The Morgan fingerprint density at radius 2 is 1.23 bits per heavy atom. The third-order valence-corrected chi connectivity index (χ3v) is 9.58. The molecule has 0 spiro atoms. The molecule has 0 fully saturated rings. The first kappa shape index (κ1) is 26.2. The Kier molecular flexibility index (Phi) is 6.55. The van der Waals surface area contributed by atoms with Gasteiger partial charge in [0.25, 0.3) is 0 Å². The van der Waals surface area contributed by atoms with Gasteiger partial charge in [0, 0.05) is 49.8 Å². The standard InChI is InChI=1S/C40H29N3S/c1-41-36(35-15-9-14-34-33-13-6-8-17-39(33)44-40(34)35)24-25-42-43-37-16-7-5-12-31(37)32-23-22-30(26-38(32)43)29-20-18-28(19-21-29)27-10-3-2-4-11-27/h2-26,42H,1H3/b25-24-,41-36+. The molecule has 0 aliphatic carbocycles. The summed E-state index contributed by atoms with van der Waals surface area (Å²) in [6, 6.07) is 49.7. The average Bonchev–Trinajstić information content (AvgIpc) is 3.63. The van der Waals surface area contributed by atoms with Crippen molar-refractivity contribution in [3.05, 3.63) is 157 Å². The molecule has 3 nitrogen and oxygen atoms in total. The molecule has 0 unspecified atom stereocenters. The highest BCUT2D eigenvalue weighted by molar-refractivity contribution is 7.26. The van der Waals surface area contributed by atoms with Gasteiger partial charge in [0.15, 0.2) is 0 Å². The highest BCUT2D eigenvalue weighted by Crippen LogP contribution is 2.36. The summed E-state index contributed by atoms with van der Waals surface area (Å²) in [6.07, 6.45) is 4.08. The molecule has 2 aromatic heterocycles. The molecule has 0 radical (unpaired) electrons. The first-order chi connectivity index (χ1) is 21.8. The summed E-state index contributed by atoms with van der Waals surface area (Å²) in [5.74, 6) is 0. The molecular weight excluding hydrogens is 555 g/mol. The Labute approximate surface area is 260 Å². The highest BCUT2D eigenvalue weighted by atomic mass is 32.1. The van der Waals surface area contributed by atoms with Crippen LogP contribution in [0.4, 0.5) is 0 Å². The van der Waals surface area contributed by atoms with E-state index in [1.807, 2.05) is 24.6 Å². The van der Waals surface area contributed by atoms with E-state index in [1.54, 1.807) is 0 Å². The van der Waals surface area contributed by atoms with Gasteiger partial charge in [0.1, 0.15) is 0 Å². The molecule has 210 valence electrons. The van der Waals surface area contributed by atoms with Crippen molar-refractivity contribution >= 4 is 59.0 Å². The SMILES string of the molecule is C/N=C(\C=C/Nn1c2ccccc2c2ccc(-c3ccc(-c4ccccc4)cc3)cc21)c1cccc2c1sc1ccccc12. The molecule has 8 aromatic rings. The number of nitrogens with zero attached hydrogens (tertiary/aromatic N) is 2. The van der Waals surface area contributed by atoms with Crippen LogP contribution in [0.3, 0.4) is 0 Å². The largest absolute Gasteiger partial charge is 0.301 e. The van der Waals surface area contributed by atoms with Gasteiger partial charge in [0.05, 0.1) is 16.7 Å². The lowest BCUT2D eigenvalue weighted by atomic mass is 9.99. The maximum atomic E-state index is 4.69. The molecular formula is C40H29N3S. The number of allylic oxidation sites excluding steroid dienone is 1. The van der Waals surface area contributed by atoms with Gasteiger partial charge in [-0.05, 0) is 46.5 Å². The van der Waals surface area contributed by atoms with E-state index in [0.717, 1.165) is 22.3 Å². The van der Waals surface area contributed by atoms with Crippen molar-refractivity contribution in [3.8, 4) is 22.3 Å². The van der Waals surface area contributed by atoms with Gasteiger partial charge in [-0.2, -0.15) is 0 Å². The zero-order valence-corrected chi connectivity index (χ0v) is 25.1. The molecule has 0 saturated heterocycles. The van der Waals surface area contributed by atoms with Gasteiger partial charge < -0.3 is 5.43 Å².